The zero-order valence-corrected chi connectivity index (χ0v) is 25.0. The van der Waals surface area contributed by atoms with Gasteiger partial charge in [0, 0.05) is 47.7 Å². The first-order valence-corrected chi connectivity index (χ1v) is 14.4. The molecule has 5 nitrogen and oxygen atoms in total. The predicted octanol–water partition coefficient (Wildman–Crippen LogP) is 6.07. The van der Waals surface area contributed by atoms with Crippen LogP contribution in [-0.4, -0.2) is 41.3 Å². The van der Waals surface area contributed by atoms with E-state index in [1.165, 1.54) is 0 Å². The molecule has 0 aliphatic carbocycles. The Bertz CT molecular complexity index is 1300. The summed E-state index contributed by atoms with van der Waals surface area (Å²) in [5, 5.41) is 8.24. The van der Waals surface area contributed by atoms with E-state index in [2.05, 4.69) is 22.8 Å². The van der Waals surface area contributed by atoms with Crippen molar-refractivity contribution >= 4 is 60.5 Å². The van der Waals surface area contributed by atoms with Gasteiger partial charge in [-0.3, -0.25) is 0 Å². The van der Waals surface area contributed by atoms with E-state index >= 15 is 0 Å². The lowest BCUT2D eigenvalue weighted by Crippen LogP contribution is -2.26. The monoisotopic (exact) mass is 586 g/mol. The summed E-state index contributed by atoms with van der Waals surface area (Å²) in [6, 6.07) is 28.0. The van der Waals surface area contributed by atoms with Crippen molar-refractivity contribution in [3.63, 3.8) is 0 Å². The van der Waals surface area contributed by atoms with Crippen molar-refractivity contribution in [2.45, 2.75) is 27.1 Å². The molecule has 0 aromatic heterocycles. The second-order valence-electron chi connectivity index (χ2n) is 9.65. The summed E-state index contributed by atoms with van der Waals surface area (Å²) < 4.78 is 17.7. The zero-order chi connectivity index (χ0) is 28.9. The third-order valence-corrected chi connectivity index (χ3v) is 7.31. The lowest BCUT2D eigenvalue weighted by molar-refractivity contribution is 0.108. The van der Waals surface area contributed by atoms with E-state index in [1.807, 2.05) is 86.6 Å². The molecule has 0 spiro atoms. The average molecular weight is 587 g/mol. The molecule has 9 heteroatoms. The van der Waals surface area contributed by atoms with Crippen LogP contribution in [0.25, 0.3) is 0 Å². The number of ether oxygens (including phenoxy) is 1. The van der Waals surface area contributed by atoms with E-state index in [0.29, 0.717) is 39.5 Å². The smallest absolute Gasteiger partial charge is 0.330 e. The molecule has 0 amide bonds. The summed E-state index contributed by atoms with van der Waals surface area (Å²) in [6.07, 6.45) is 0. The first kappa shape index (κ1) is 31.0. The summed E-state index contributed by atoms with van der Waals surface area (Å²) in [4.78, 5) is 0. The van der Waals surface area contributed by atoms with Crippen LogP contribution in [0.5, 0.6) is 0 Å². The number of hydrogen-bond acceptors (Lipinski definition) is 5. The second kappa shape index (κ2) is 16.5. The van der Waals surface area contributed by atoms with E-state index in [-0.39, 0.29) is 0 Å². The van der Waals surface area contributed by atoms with Gasteiger partial charge in [0.15, 0.2) is 0 Å². The topological polar surface area (TPSA) is 51.8 Å². The van der Waals surface area contributed by atoms with Crippen LogP contribution in [0.3, 0.4) is 0 Å². The summed E-state index contributed by atoms with van der Waals surface area (Å²) in [7, 11) is 3.59. The molecule has 0 aliphatic heterocycles. The van der Waals surface area contributed by atoms with Crippen LogP contribution in [0, 0.1) is 13.8 Å². The largest absolute Gasteiger partial charge is 0.432 e. The van der Waals surface area contributed by atoms with Gasteiger partial charge in [0.05, 0.1) is 13.2 Å². The number of rotatable bonds is 16. The molecule has 41 heavy (non-hydrogen) atoms. The highest BCUT2D eigenvalue weighted by Crippen LogP contribution is 2.20. The van der Waals surface area contributed by atoms with Gasteiger partial charge in [0.25, 0.3) is 0 Å². The minimum Gasteiger partial charge on any atom is -0.432 e. The molecule has 2 N–H and O–H groups in total. The fourth-order valence-corrected chi connectivity index (χ4v) is 4.38. The Hall–Kier alpha value is -2.93. The molecule has 0 atom stereocenters. The molecule has 4 aromatic rings. The highest BCUT2D eigenvalue weighted by Gasteiger charge is 2.08. The summed E-state index contributed by atoms with van der Waals surface area (Å²) in [5.41, 5.74) is 8.27. The van der Waals surface area contributed by atoms with Gasteiger partial charge >= 0.3 is 15.0 Å². The van der Waals surface area contributed by atoms with Crippen LogP contribution in [0.4, 0.5) is 11.4 Å². The van der Waals surface area contributed by atoms with Crippen molar-refractivity contribution in [3.05, 3.63) is 117 Å². The van der Waals surface area contributed by atoms with E-state index in [4.69, 9.17) is 37.2 Å². The van der Waals surface area contributed by atoms with Crippen molar-refractivity contribution in [2.24, 2.45) is 0 Å². The van der Waals surface area contributed by atoms with Crippen molar-refractivity contribution in [3.8, 4) is 0 Å². The molecule has 0 saturated carbocycles. The van der Waals surface area contributed by atoms with Crippen LogP contribution < -0.4 is 21.6 Å². The van der Waals surface area contributed by atoms with Gasteiger partial charge in [0.2, 0.25) is 0 Å². The quantitative estimate of drug-likeness (QED) is 0.123. The van der Waals surface area contributed by atoms with Crippen molar-refractivity contribution in [1.82, 2.24) is 0 Å². The van der Waals surface area contributed by atoms with Gasteiger partial charge in [-0.25, -0.2) is 0 Å². The van der Waals surface area contributed by atoms with Gasteiger partial charge < -0.3 is 24.7 Å². The minimum atomic E-state index is 0.470. The lowest BCUT2D eigenvalue weighted by Gasteiger charge is -2.13. The molecule has 0 saturated heterocycles. The van der Waals surface area contributed by atoms with E-state index in [9.17, 15) is 0 Å². The molecular formula is C32H34B2Cl2N2O3. The first-order valence-electron chi connectivity index (χ1n) is 13.6. The van der Waals surface area contributed by atoms with Crippen molar-refractivity contribution in [2.75, 3.05) is 36.9 Å². The summed E-state index contributed by atoms with van der Waals surface area (Å²) in [5.74, 6) is 0. The Morgan fingerprint density at radius 2 is 1.05 bits per heavy atom. The van der Waals surface area contributed by atoms with Crippen LogP contribution in [0.2, 0.25) is 10.0 Å². The summed E-state index contributed by atoms with van der Waals surface area (Å²) in [6.45, 7) is 7.36. The Kier molecular flexibility index (Phi) is 12.5. The number of anilines is 2. The second-order valence-corrected chi connectivity index (χ2v) is 10.5. The Morgan fingerprint density at radius 3 is 1.49 bits per heavy atom. The molecular weight excluding hydrogens is 553 g/mol. The van der Waals surface area contributed by atoms with Crippen molar-refractivity contribution in [1.29, 1.82) is 0 Å². The summed E-state index contributed by atoms with van der Waals surface area (Å²) >= 11 is 12.2. The van der Waals surface area contributed by atoms with Crippen LogP contribution in [-0.2, 0) is 27.3 Å². The Balaban J connectivity index is 1.17. The molecule has 0 bridgehead atoms. The number of benzene rings is 4. The van der Waals surface area contributed by atoms with E-state index in [1.54, 1.807) is 15.0 Å². The van der Waals surface area contributed by atoms with Crippen LogP contribution >= 0.6 is 23.2 Å². The number of hydrogen-bond donors (Lipinski definition) is 2. The standard InChI is InChI=1S/C32H34B2Cl2N2O3/c1-23-19-27(11-13-31(23)35)37-15-17-40-33-29-9-5-3-7-25(29)21-39-22-26-8-4-6-10-30(26)34-41-18-16-38-28-12-14-32(36)24(2)20-28/h3-14,19-20,37-38H,15-18,21-22H2,1-2H3. The van der Waals surface area contributed by atoms with Gasteiger partial charge in [0.1, 0.15) is 0 Å². The maximum Gasteiger partial charge on any atom is 0.330 e. The molecule has 0 unspecified atom stereocenters. The van der Waals surface area contributed by atoms with Gasteiger partial charge in [-0.05, 0) is 83.4 Å². The highest BCUT2D eigenvalue weighted by molar-refractivity contribution is 6.48. The zero-order valence-electron chi connectivity index (χ0n) is 23.5. The molecule has 4 rings (SSSR count). The first-order chi connectivity index (χ1) is 20.0. The predicted molar refractivity (Wildman–Crippen MR) is 173 cm³/mol. The maximum absolute atomic E-state index is 6.10. The molecule has 2 radical (unpaired) electrons. The molecule has 0 aliphatic rings. The van der Waals surface area contributed by atoms with E-state index < -0.39 is 0 Å². The molecule has 4 aromatic carbocycles. The fourth-order valence-electron chi connectivity index (χ4n) is 4.15. The van der Waals surface area contributed by atoms with Gasteiger partial charge in [-0.15, -0.1) is 0 Å². The third-order valence-electron chi connectivity index (χ3n) is 6.46. The normalized spacial score (nSPS) is 10.8. The fraction of sp³-hybridized carbons (Fsp3) is 0.250. The number of halogens is 2. The Morgan fingerprint density at radius 1 is 0.610 bits per heavy atom. The number of aryl methyl sites for hydroxylation is 2. The minimum absolute atomic E-state index is 0.470. The number of nitrogens with one attached hydrogen (secondary N) is 2. The van der Waals surface area contributed by atoms with Crippen LogP contribution in [0.15, 0.2) is 84.9 Å². The average Bonchev–Trinajstić information content (AvgIpc) is 2.98. The van der Waals surface area contributed by atoms with Crippen molar-refractivity contribution < 1.29 is 14.0 Å². The molecule has 210 valence electrons. The molecule has 0 heterocycles. The molecule has 0 fully saturated rings. The maximum atomic E-state index is 6.10. The lowest BCUT2D eigenvalue weighted by atomic mass is 9.83. The third kappa shape index (κ3) is 10.1. The SMILES string of the molecule is Cc1cc(NCCO[B]c2ccccc2COCc2ccccc2[B]OCCNc2ccc(Cl)c(C)c2)ccc1Cl. The van der Waals surface area contributed by atoms with Gasteiger partial charge in [-0.1, -0.05) is 71.7 Å². The van der Waals surface area contributed by atoms with E-state index in [0.717, 1.165) is 54.6 Å². The highest BCUT2D eigenvalue weighted by atomic mass is 35.5. The van der Waals surface area contributed by atoms with Crippen LogP contribution in [0.1, 0.15) is 22.3 Å². The van der Waals surface area contributed by atoms with Gasteiger partial charge in [-0.2, -0.15) is 0 Å². The Labute approximate surface area is 255 Å².